The highest BCUT2D eigenvalue weighted by atomic mass is 16.5. The van der Waals surface area contributed by atoms with Gasteiger partial charge in [0, 0.05) is 39.1 Å². The number of carbonyl (C=O) groups is 1. The van der Waals surface area contributed by atoms with Gasteiger partial charge in [0.15, 0.2) is 0 Å². The summed E-state index contributed by atoms with van der Waals surface area (Å²) in [7, 11) is 2.17. The van der Waals surface area contributed by atoms with Crippen LogP contribution in [0.1, 0.15) is 32.1 Å². The first-order chi connectivity index (χ1) is 12.2. The summed E-state index contributed by atoms with van der Waals surface area (Å²) in [5, 5.41) is 3.05. The normalized spacial score (nSPS) is 19.9. The highest BCUT2D eigenvalue weighted by Gasteiger charge is 2.19. The zero-order valence-electron chi connectivity index (χ0n) is 15.4. The van der Waals surface area contributed by atoms with E-state index >= 15 is 0 Å². The molecule has 0 spiro atoms. The Labute approximate surface area is 151 Å². The van der Waals surface area contributed by atoms with E-state index in [0.717, 1.165) is 44.2 Å². The Kier molecular flexibility index (Phi) is 6.70. The van der Waals surface area contributed by atoms with Crippen molar-refractivity contribution in [1.29, 1.82) is 0 Å². The van der Waals surface area contributed by atoms with E-state index in [0.29, 0.717) is 18.9 Å². The second kappa shape index (κ2) is 9.20. The summed E-state index contributed by atoms with van der Waals surface area (Å²) in [5.41, 5.74) is 0.795. The van der Waals surface area contributed by atoms with Gasteiger partial charge in [-0.2, -0.15) is 0 Å². The SMILES string of the molecule is CN1CCN(CCOc2ccccc2NC(=O)CC2CCCC2)CC1. The number of carbonyl (C=O) groups excluding carboxylic acids is 1. The summed E-state index contributed by atoms with van der Waals surface area (Å²) in [5.74, 6) is 1.45. The van der Waals surface area contributed by atoms with Crippen molar-refractivity contribution in [1.82, 2.24) is 9.80 Å². The molecule has 1 aromatic rings. The molecular formula is C20H31N3O2. The van der Waals surface area contributed by atoms with Crippen molar-refractivity contribution in [3.05, 3.63) is 24.3 Å². The number of nitrogens with zero attached hydrogens (tertiary/aromatic N) is 2. The van der Waals surface area contributed by atoms with E-state index in [2.05, 4.69) is 22.2 Å². The van der Waals surface area contributed by atoms with Crippen molar-refractivity contribution in [2.24, 2.45) is 5.92 Å². The predicted molar refractivity (Wildman–Crippen MR) is 101 cm³/mol. The molecule has 3 rings (SSSR count). The third kappa shape index (κ3) is 5.72. The van der Waals surface area contributed by atoms with E-state index in [1.807, 2.05) is 24.3 Å². The molecule has 0 radical (unpaired) electrons. The topological polar surface area (TPSA) is 44.8 Å². The minimum Gasteiger partial charge on any atom is -0.490 e. The molecule has 1 amide bonds. The molecule has 1 aliphatic heterocycles. The maximum Gasteiger partial charge on any atom is 0.224 e. The molecule has 0 unspecified atom stereocenters. The number of anilines is 1. The number of hydrogen-bond donors (Lipinski definition) is 1. The third-order valence-electron chi connectivity index (χ3n) is 5.37. The number of likely N-dealkylation sites (N-methyl/N-ethyl adjacent to an activating group) is 1. The lowest BCUT2D eigenvalue weighted by Crippen LogP contribution is -2.45. The molecule has 1 saturated carbocycles. The molecule has 0 bridgehead atoms. The number of piperazine rings is 1. The first kappa shape index (κ1) is 18.2. The van der Waals surface area contributed by atoms with E-state index in [-0.39, 0.29) is 5.91 Å². The molecule has 1 aliphatic carbocycles. The van der Waals surface area contributed by atoms with E-state index in [1.54, 1.807) is 0 Å². The number of hydrogen-bond acceptors (Lipinski definition) is 4. The Balaban J connectivity index is 1.46. The number of rotatable bonds is 7. The Morgan fingerprint density at radius 3 is 2.64 bits per heavy atom. The molecule has 2 fully saturated rings. The molecule has 25 heavy (non-hydrogen) atoms. The fourth-order valence-corrected chi connectivity index (χ4v) is 3.73. The highest BCUT2D eigenvalue weighted by Crippen LogP contribution is 2.29. The summed E-state index contributed by atoms with van der Waals surface area (Å²) in [6.45, 7) is 6.01. The van der Waals surface area contributed by atoms with Crippen LogP contribution in [0.3, 0.4) is 0 Å². The molecule has 1 aromatic carbocycles. The van der Waals surface area contributed by atoms with E-state index in [9.17, 15) is 4.79 Å². The van der Waals surface area contributed by atoms with Crippen LogP contribution in [0.15, 0.2) is 24.3 Å². The van der Waals surface area contributed by atoms with Crippen LogP contribution in [-0.4, -0.2) is 62.1 Å². The minimum atomic E-state index is 0.113. The molecule has 5 heteroatoms. The van der Waals surface area contributed by atoms with Crippen LogP contribution in [0.25, 0.3) is 0 Å². The summed E-state index contributed by atoms with van der Waals surface area (Å²) < 4.78 is 5.97. The van der Waals surface area contributed by atoms with Crippen LogP contribution in [0.5, 0.6) is 5.75 Å². The number of ether oxygens (including phenoxy) is 1. The number of para-hydroxylation sites is 2. The first-order valence-corrected chi connectivity index (χ1v) is 9.63. The van der Waals surface area contributed by atoms with E-state index < -0.39 is 0 Å². The maximum absolute atomic E-state index is 12.3. The monoisotopic (exact) mass is 345 g/mol. The summed E-state index contributed by atoms with van der Waals surface area (Å²) in [6, 6.07) is 7.77. The zero-order valence-corrected chi connectivity index (χ0v) is 15.4. The predicted octanol–water partition coefficient (Wildman–Crippen LogP) is 2.83. The Morgan fingerprint density at radius 2 is 1.88 bits per heavy atom. The van der Waals surface area contributed by atoms with Crippen LogP contribution in [-0.2, 0) is 4.79 Å². The fraction of sp³-hybridized carbons (Fsp3) is 0.650. The molecule has 2 aliphatic rings. The number of amides is 1. The highest BCUT2D eigenvalue weighted by molar-refractivity contribution is 5.92. The van der Waals surface area contributed by atoms with Gasteiger partial charge in [0.1, 0.15) is 12.4 Å². The van der Waals surface area contributed by atoms with Crippen LogP contribution in [0.2, 0.25) is 0 Å². The molecule has 0 atom stereocenters. The molecule has 138 valence electrons. The molecule has 5 nitrogen and oxygen atoms in total. The van der Waals surface area contributed by atoms with E-state index in [4.69, 9.17) is 4.74 Å². The van der Waals surface area contributed by atoms with Gasteiger partial charge in [-0.15, -0.1) is 0 Å². The summed E-state index contributed by atoms with van der Waals surface area (Å²) in [6.07, 6.45) is 5.55. The van der Waals surface area contributed by atoms with Gasteiger partial charge in [-0.3, -0.25) is 9.69 Å². The zero-order chi connectivity index (χ0) is 17.5. The minimum absolute atomic E-state index is 0.113. The van der Waals surface area contributed by atoms with Gasteiger partial charge in [-0.05, 0) is 37.9 Å². The average Bonchev–Trinajstić information content (AvgIpc) is 3.11. The molecular weight excluding hydrogens is 314 g/mol. The molecule has 1 N–H and O–H groups in total. The lowest BCUT2D eigenvalue weighted by Gasteiger charge is -2.32. The van der Waals surface area contributed by atoms with Crippen LogP contribution in [0.4, 0.5) is 5.69 Å². The lowest BCUT2D eigenvalue weighted by molar-refractivity contribution is -0.117. The van der Waals surface area contributed by atoms with Crippen molar-refractivity contribution in [2.75, 3.05) is 51.7 Å². The van der Waals surface area contributed by atoms with Gasteiger partial charge < -0.3 is 15.0 Å². The van der Waals surface area contributed by atoms with Gasteiger partial charge in [0.25, 0.3) is 0 Å². The van der Waals surface area contributed by atoms with Gasteiger partial charge in [0.2, 0.25) is 5.91 Å². The number of benzene rings is 1. The standard InChI is InChI=1S/C20H31N3O2/c1-22-10-12-23(13-11-22)14-15-25-19-9-5-4-8-18(19)21-20(24)16-17-6-2-3-7-17/h4-5,8-9,17H,2-3,6-7,10-16H2,1H3,(H,21,24). The van der Waals surface area contributed by atoms with Gasteiger partial charge >= 0.3 is 0 Å². The van der Waals surface area contributed by atoms with Crippen LogP contribution < -0.4 is 10.1 Å². The third-order valence-corrected chi connectivity index (χ3v) is 5.37. The van der Waals surface area contributed by atoms with Crippen molar-refractivity contribution in [3.63, 3.8) is 0 Å². The quantitative estimate of drug-likeness (QED) is 0.825. The molecule has 1 saturated heterocycles. The van der Waals surface area contributed by atoms with Crippen molar-refractivity contribution < 1.29 is 9.53 Å². The van der Waals surface area contributed by atoms with Gasteiger partial charge in [-0.1, -0.05) is 25.0 Å². The van der Waals surface area contributed by atoms with Crippen molar-refractivity contribution >= 4 is 11.6 Å². The smallest absolute Gasteiger partial charge is 0.224 e. The lowest BCUT2D eigenvalue weighted by atomic mass is 10.0. The summed E-state index contributed by atoms with van der Waals surface area (Å²) in [4.78, 5) is 17.1. The Bertz CT molecular complexity index is 550. The molecule has 1 heterocycles. The average molecular weight is 345 g/mol. The fourth-order valence-electron chi connectivity index (χ4n) is 3.73. The number of nitrogens with one attached hydrogen (secondary N) is 1. The second-order valence-electron chi connectivity index (χ2n) is 7.39. The van der Waals surface area contributed by atoms with Gasteiger partial charge in [0.05, 0.1) is 5.69 Å². The molecule has 0 aromatic heterocycles. The van der Waals surface area contributed by atoms with E-state index in [1.165, 1.54) is 25.7 Å². The van der Waals surface area contributed by atoms with Gasteiger partial charge in [-0.25, -0.2) is 0 Å². The van der Waals surface area contributed by atoms with Crippen LogP contribution >= 0.6 is 0 Å². The summed E-state index contributed by atoms with van der Waals surface area (Å²) >= 11 is 0. The van der Waals surface area contributed by atoms with Crippen LogP contribution in [0, 0.1) is 5.92 Å². The Morgan fingerprint density at radius 1 is 1.16 bits per heavy atom. The first-order valence-electron chi connectivity index (χ1n) is 9.63. The Hall–Kier alpha value is -1.59. The maximum atomic E-state index is 12.3. The van der Waals surface area contributed by atoms with Crippen molar-refractivity contribution in [3.8, 4) is 5.75 Å². The largest absolute Gasteiger partial charge is 0.490 e. The second-order valence-corrected chi connectivity index (χ2v) is 7.39. The van der Waals surface area contributed by atoms with Crippen molar-refractivity contribution in [2.45, 2.75) is 32.1 Å².